The van der Waals surface area contributed by atoms with Crippen LogP contribution in [0.1, 0.15) is 39.0 Å². The fraction of sp³-hybridized carbons (Fsp3) is 0.917. The average molecular weight is 226 g/mol. The van der Waals surface area contributed by atoms with Crippen molar-refractivity contribution < 1.29 is 9.53 Å². The summed E-state index contributed by atoms with van der Waals surface area (Å²) in [5.74, 6) is 0.672. The van der Waals surface area contributed by atoms with E-state index in [0.29, 0.717) is 18.5 Å². The van der Waals surface area contributed by atoms with Crippen LogP contribution in [0.4, 0.5) is 0 Å². The van der Waals surface area contributed by atoms with Crippen LogP contribution >= 0.6 is 0 Å². The van der Waals surface area contributed by atoms with Crippen molar-refractivity contribution in [3.05, 3.63) is 0 Å². The second-order valence-electron chi connectivity index (χ2n) is 5.08. The molecule has 16 heavy (non-hydrogen) atoms. The molecule has 92 valence electrons. The van der Waals surface area contributed by atoms with Gasteiger partial charge in [0.25, 0.3) is 0 Å². The number of carbonyl (C=O) groups excluding carboxylic acids is 1. The van der Waals surface area contributed by atoms with Crippen LogP contribution in [0.5, 0.6) is 0 Å². The van der Waals surface area contributed by atoms with Gasteiger partial charge in [-0.1, -0.05) is 13.3 Å². The van der Waals surface area contributed by atoms with Gasteiger partial charge in [0.15, 0.2) is 0 Å². The van der Waals surface area contributed by atoms with Crippen molar-refractivity contribution in [1.29, 1.82) is 0 Å². The molecule has 2 unspecified atom stereocenters. The van der Waals surface area contributed by atoms with Gasteiger partial charge in [-0.2, -0.15) is 0 Å². The van der Waals surface area contributed by atoms with Crippen molar-refractivity contribution in [2.75, 3.05) is 6.54 Å². The lowest BCUT2D eigenvalue weighted by molar-refractivity contribution is -0.132. The van der Waals surface area contributed by atoms with Gasteiger partial charge in [-0.05, 0) is 31.6 Å². The average Bonchev–Trinajstić information content (AvgIpc) is 2.88. The Labute approximate surface area is 96.9 Å². The fourth-order valence-electron chi connectivity index (χ4n) is 2.71. The Kier molecular flexibility index (Phi) is 3.82. The van der Waals surface area contributed by atoms with Gasteiger partial charge >= 0.3 is 0 Å². The first kappa shape index (κ1) is 11.9. The zero-order valence-corrected chi connectivity index (χ0v) is 9.95. The molecule has 4 heteroatoms. The van der Waals surface area contributed by atoms with Gasteiger partial charge in [-0.15, -0.1) is 0 Å². The molecule has 0 radical (unpaired) electrons. The molecule has 0 aromatic carbocycles. The molecule has 0 aromatic rings. The van der Waals surface area contributed by atoms with E-state index >= 15 is 0 Å². The number of amides is 1. The van der Waals surface area contributed by atoms with Gasteiger partial charge in [0.1, 0.15) is 6.10 Å². The molecule has 0 spiro atoms. The predicted octanol–water partition coefficient (Wildman–Crippen LogP) is 0.797. The highest BCUT2D eigenvalue weighted by atomic mass is 16.5. The summed E-state index contributed by atoms with van der Waals surface area (Å²) in [5.41, 5.74) is 5.53. The van der Waals surface area contributed by atoms with Gasteiger partial charge in [0, 0.05) is 12.6 Å². The lowest BCUT2D eigenvalue weighted by atomic mass is 10.1. The number of hydrogen-bond acceptors (Lipinski definition) is 3. The van der Waals surface area contributed by atoms with Crippen LogP contribution in [-0.4, -0.2) is 30.7 Å². The summed E-state index contributed by atoms with van der Waals surface area (Å²) >= 11 is 0. The van der Waals surface area contributed by atoms with Crippen molar-refractivity contribution in [1.82, 2.24) is 5.32 Å². The summed E-state index contributed by atoms with van der Waals surface area (Å²) in [6, 6.07) is 0.355. The van der Waals surface area contributed by atoms with Crippen molar-refractivity contribution in [2.45, 2.75) is 57.3 Å². The molecule has 1 heterocycles. The quantitative estimate of drug-likeness (QED) is 0.748. The second kappa shape index (κ2) is 5.15. The number of hydrogen-bond donors (Lipinski definition) is 2. The standard InChI is InChI=1S/C12H22N2O2/c1-8-3-2-4-10(8)14-12(15)11-6-5-9(7-13)16-11/h8-11H,2-7,13H2,1H3,(H,14,15)/t8?,9-,10?,11+/m1/s1. The smallest absolute Gasteiger partial charge is 0.249 e. The van der Waals surface area contributed by atoms with Crippen LogP contribution in [0.15, 0.2) is 0 Å². The maximum absolute atomic E-state index is 11.9. The van der Waals surface area contributed by atoms with Gasteiger partial charge < -0.3 is 15.8 Å². The van der Waals surface area contributed by atoms with Crippen molar-refractivity contribution in [2.24, 2.45) is 11.7 Å². The highest BCUT2D eigenvalue weighted by molar-refractivity contribution is 5.81. The molecule has 2 fully saturated rings. The van der Waals surface area contributed by atoms with Crippen molar-refractivity contribution in [3.8, 4) is 0 Å². The largest absolute Gasteiger partial charge is 0.364 e. The Morgan fingerprint density at radius 1 is 1.38 bits per heavy atom. The first-order valence-electron chi connectivity index (χ1n) is 6.36. The van der Waals surface area contributed by atoms with Crippen LogP contribution in [0.25, 0.3) is 0 Å². The molecule has 1 aliphatic heterocycles. The maximum Gasteiger partial charge on any atom is 0.249 e. The Balaban J connectivity index is 1.80. The molecule has 0 bridgehead atoms. The van der Waals surface area contributed by atoms with E-state index < -0.39 is 0 Å². The summed E-state index contributed by atoms with van der Waals surface area (Å²) in [4.78, 5) is 11.9. The van der Waals surface area contributed by atoms with Crippen LogP contribution in [0, 0.1) is 5.92 Å². The van der Waals surface area contributed by atoms with Gasteiger partial charge in [0.2, 0.25) is 5.91 Å². The summed E-state index contributed by atoms with van der Waals surface area (Å²) in [6.07, 6.45) is 5.10. The van der Waals surface area contributed by atoms with Gasteiger partial charge in [-0.3, -0.25) is 4.79 Å². The summed E-state index contributed by atoms with van der Waals surface area (Å²) in [6.45, 7) is 2.72. The molecular weight excluding hydrogens is 204 g/mol. The summed E-state index contributed by atoms with van der Waals surface area (Å²) in [7, 11) is 0. The number of nitrogens with two attached hydrogens (primary N) is 1. The number of nitrogens with one attached hydrogen (secondary N) is 1. The third-order valence-corrected chi connectivity index (χ3v) is 3.85. The van der Waals surface area contributed by atoms with Crippen LogP contribution in [0.3, 0.4) is 0 Å². The SMILES string of the molecule is CC1CCCC1NC(=O)[C@@H]1CC[C@H](CN)O1. The van der Waals surface area contributed by atoms with E-state index in [2.05, 4.69) is 12.2 Å². The zero-order chi connectivity index (χ0) is 11.5. The second-order valence-corrected chi connectivity index (χ2v) is 5.08. The van der Waals surface area contributed by atoms with E-state index in [-0.39, 0.29) is 18.1 Å². The topological polar surface area (TPSA) is 64.4 Å². The van der Waals surface area contributed by atoms with E-state index in [4.69, 9.17) is 10.5 Å². The van der Waals surface area contributed by atoms with Gasteiger partial charge in [-0.25, -0.2) is 0 Å². The fourth-order valence-corrected chi connectivity index (χ4v) is 2.71. The third-order valence-electron chi connectivity index (χ3n) is 3.85. The Morgan fingerprint density at radius 2 is 2.19 bits per heavy atom. The Morgan fingerprint density at radius 3 is 2.75 bits per heavy atom. The number of rotatable bonds is 3. The third kappa shape index (κ3) is 2.55. The van der Waals surface area contributed by atoms with E-state index in [1.807, 2.05) is 0 Å². The van der Waals surface area contributed by atoms with E-state index in [1.54, 1.807) is 0 Å². The number of ether oxygens (including phenoxy) is 1. The molecule has 3 N–H and O–H groups in total. The molecule has 1 amide bonds. The minimum Gasteiger partial charge on any atom is -0.364 e. The van der Waals surface area contributed by atoms with Crippen LogP contribution in [-0.2, 0) is 9.53 Å². The minimum absolute atomic E-state index is 0.0645. The highest BCUT2D eigenvalue weighted by Crippen LogP contribution is 2.26. The maximum atomic E-state index is 11.9. The molecule has 2 aliphatic rings. The lowest BCUT2D eigenvalue weighted by Gasteiger charge is -2.20. The first-order valence-corrected chi connectivity index (χ1v) is 6.36. The highest BCUT2D eigenvalue weighted by Gasteiger charge is 2.32. The van der Waals surface area contributed by atoms with Gasteiger partial charge in [0.05, 0.1) is 6.10 Å². The lowest BCUT2D eigenvalue weighted by Crippen LogP contribution is -2.42. The molecule has 1 aliphatic carbocycles. The predicted molar refractivity (Wildman–Crippen MR) is 61.9 cm³/mol. The molecule has 4 atom stereocenters. The Bertz CT molecular complexity index is 257. The molecular formula is C12H22N2O2. The normalized spacial score (nSPS) is 38.9. The molecule has 1 saturated heterocycles. The number of carbonyl (C=O) groups is 1. The Hall–Kier alpha value is -0.610. The summed E-state index contributed by atoms with van der Waals surface area (Å²) < 4.78 is 5.58. The van der Waals surface area contributed by atoms with E-state index in [1.165, 1.54) is 12.8 Å². The molecule has 0 aromatic heterocycles. The van der Waals surface area contributed by atoms with Crippen molar-refractivity contribution >= 4 is 5.91 Å². The monoisotopic (exact) mass is 226 g/mol. The van der Waals surface area contributed by atoms with E-state index in [9.17, 15) is 4.79 Å². The zero-order valence-electron chi connectivity index (χ0n) is 9.95. The van der Waals surface area contributed by atoms with Crippen molar-refractivity contribution in [3.63, 3.8) is 0 Å². The minimum atomic E-state index is -0.263. The molecule has 2 rings (SSSR count). The van der Waals surface area contributed by atoms with Crippen LogP contribution in [0.2, 0.25) is 0 Å². The van der Waals surface area contributed by atoms with E-state index in [0.717, 1.165) is 19.3 Å². The summed E-state index contributed by atoms with van der Waals surface area (Å²) in [5, 5.41) is 3.11. The molecule has 4 nitrogen and oxygen atoms in total. The van der Waals surface area contributed by atoms with Crippen LogP contribution < -0.4 is 11.1 Å². The molecule has 1 saturated carbocycles. The first-order chi connectivity index (χ1) is 7.70.